The molecule has 6 nitrogen and oxygen atoms in total. The number of nitrogens with zero attached hydrogens (tertiary/aromatic N) is 1. The molecular formula is C22H26N2O4. The molecule has 4 atom stereocenters. The molecule has 28 heavy (non-hydrogen) atoms. The molecule has 148 valence electrons. The monoisotopic (exact) mass is 382 g/mol. The van der Waals surface area contributed by atoms with Crippen molar-refractivity contribution < 1.29 is 20.1 Å². The number of phenols is 1. The summed E-state index contributed by atoms with van der Waals surface area (Å²) in [7, 11) is 0. The molecule has 1 aliphatic carbocycles. The SMILES string of the molecule is O=C(NC[C@@H]1[C@@H](c2ccccc2)[C@]12CN(CCO)C[C@@H]2O)c1cccc(O)c1. The van der Waals surface area contributed by atoms with Gasteiger partial charge in [-0.2, -0.15) is 0 Å². The van der Waals surface area contributed by atoms with Crippen molar-refractivity contribution in [3.63, 3.8) is 0 Å². The molecule has 4 N–H and O–H groups in total. The van der Waals surface area contributed by atoms with Crippen LogP contribution < -0.4 is 5.32 Å². The first-order chi connectivity index (χ1) is 13.6. The number of rotatable bonds is 6. The number of aliphatic hydroxyl groups is 2. The maximum absolute atomic E-state index is 12.5. The van der Waals surface area contributed by atoms with E-state index in [4.69, 9.17) is 0 Å². The second kappa shape index (κ2) is 7.54. The first-order valence-electron chi connectivity index (χ1n) is 9.69. The molecule has 2 aromatic carbocycles. The molecule has 2 aliphatic rings. The van der Waals surface area contributed by atoms with Crippen molar-refractivity contribution in [1.29, 1.82) is 0 Å². The lowest BCUT2D eigenvalue weighted by Gasteiger charge is -2.16. The van der Waals surface area contributed by atoms with Crippen molar-refractivity contribution in [2.24, 2.45) is 11.3 Å². The summed E-state index contributed by atoms with van der Waals surface area (Å²) in [5, 5.41) is 32.7. The summed E-state index contributed by atoms with van der Waals surface area (Å²) >= 11 is 0. The van der Waals surface area contributed by atoms with Crippen LogP contribution in [0.5, 0.6) is 5.75 Å². The summed E-state index contributed by atoms with van der Waals surface area (Å²) in [4.78, 5) is 14.6. The Kier molecular flexibility index (Phi) is 5.10. The Morgan fingerprint density at radius 3 is 2.68 bits per heavy atom. The Morgan fingerprint density at radius 2 is 1.96 bits per heavy atom. The molecule has 0 radical (unpaired) electrons. The van der Waals surface area contributed by atoms with Crippen molar-refractivity contribution in [3.05, 3.63) is 65.7 Å². The van der Waals surface area contributed by atoms with Crippen LogP contribution in [0.3, 0.4) is 0 Å². The topological polar surface area (TPSA) is 93.0 Å². The predicted octanol–water partition coefficient (Wildman–Crippen LogP) is 1.19. The summed E-state index contributed by atoms with van der Waals surface area (Å²) in [5.74, 6) is 0.111. The van der Waals surface area contributed by atoms with Crippen molar-refractivity contribution in [2.45, 2.75) is 12.0 Å². The van der Waals surface area contributed by atoms with Gasteiger partial charge in [-0.1, -0.05) is 36.4 Å². The Morgan fingerprint density at radius 1 is 1.18 bits per heavy atom. The van der Waals surface area contributed by atoms with E-state index in [1.165, 1.54) is 17.7 Å². The molecule has 2 aromatic rings. The first-order valence-corrected chi connectivity index (χ1v) is 9.69. The zero-order chi connectivity index (χ0) is 19.7. The lowest BCUT2D eigenvalue weighted by Crippen LogP contribution is -2.30. The number of aliphatic hydroxyl groups excluding tert-OH is 2. The largest absolute Gasteiger partial charge is 0.508 e. The van der Waals surface area contributed by atoms with Gasteiger partial charge >= 0.3 is 0 Å². The van der Waals surface area contributed by atoms with E-state index in [0.29, 0.717) is 31.7 Å². The van der Waals surface area contributed by atoms with Crippen LogP contribution in [0.25, 0.3) is 0 Å². The zero-order valence-electron chi connectivity index (χ0n) is 15.7. The number of likely N-dealkylation sites (tertiary alicyclic amines) is 1. The average molecular weight is 382 g/mol. The summed E-state index contributed by atoms with van der Waals surface area (Å²) < 4.78 is 0. The summed E-state index contributed by atoms with van der Waals surface area (Å²) in [6.07, 6.45) is -0.494. The predicted molar refractivity (Wildman–Crippen MR) is 105 cm³/mol. The van der Waals surface area contributed by atoms with Crippen LogP contribution >= 0.6 is 0 Å². The number of nitrogens with one attached hydrogen (secondary N) is 1. The average Bonchev–Trinajstić information content (AvgIpc) is 3.22. The molecule has 1 aliphatic heterocycles. The van der Waals surface area contributed by atoms with Crippen LogP contribution in [-0.4, -0.2) is 65.0 Å². The van der Waals surface area contributed by atoms with Gasteiger partial charge in [-0.3, -0.25) is 9.69 Å². The number of hydrogen-bond donors (Lipinski definition) is 4. The molecule has 1 amide bonds. The van der Waals surface area contributed by atoms with Crippen LogP contribution in [0.4, 0.5) is 0 Å². The van der Waals surface area contributed by atoms with Gasteiger partial charge in [0, 0.05) is 37.2 Å². The van der Waals surface area contributed by atoms with Crippen molar-refractivity contribution >= 4 is 5.91 Å². The zero-order valence-corrected chi connectivity index (χ0v) is 15.7. The van der Waals surface area contributed by atoms with Crippen LogP contribution in [0, 0.1) is 11.3 Å². The van der Waals surface area contributed by atoms with Gasteiger partial charge in [-0.15, -0.1) is 0 Å². The molecule has 0 aromatic heterocycles. The number of carbonyl (C=O) groups is 1. The third-order valence-electron chi connectivity index (χ3n) is 6.28. The van der Waals surface area contributed by atoms with Crippen LogP contribution in [-0.2, 0) is 0 Å². The molecular weight excluding hydrogens is 356 g/mol. The van der Waals surface area contributed by atoms with Crippen LogP contribution in [0.2, 0.25) is 0 Å². The van der Waals surface area contributed by atoms with Gasteiger partial charge in [0.15, 0.2) is 0 Å². The molecule has 1 saturated heterocycles. The van der Waals surface area contributed by atoms with E-state index in [1.807, 2.05) is 18.2 Å². The van der Waals surface area contributed by atoms with Gasteiger partial charge < -0.3 is 20.6 Å². The molecule has 1 saturated carbocycles. The molecule has 6 heteroatoms. The van der Waals surface area contributed by atoms with Gasteiger partial charge in [0.25, 0.3) is 5.91 Å². The first kappa shape index (κ1) is 18.9. The maximum atomic E-state index is 12.5. The highest BCUT2D eigenvalue weighted by molar-refractivity contribution is 5.94. The lowest BCUT2D eigenvalue weighted by atomic mass is 9.95. The van der Waals surface area contributed by atoms with Crippen molar-refractivity contribution in [1.82, 2.24) is 10.2 Å². The fraction of sp³-hybridized carbons (Fsp3) is 0.409. The fourth-order valence-electron chi connectivity index (χ4n) is 4.96. The molecule has 0 bridgehead atoms. The normalized spacial score (nSPS) is 29.1. The number of carbonyl (C=O) groups excluding carboxylic acids is 1. The van der Waals surface area contributed by atoms with Crippen molar-refractivity contribution in [3.8, 4) is 5.75 Å². The minimum absolute atomic E-state index is 0.0589. The second-order valence-corrected chi connectivity index (χ2v) is 7.84. The number of benzene rings is 2. The quantitative estimate of drug-likeness (QED) is 0.602. The van der Waals surface area contributed by atoms with Crippen LogP contribution in [0.1, 0.15) is 21.8 Å². The van der Waals surface area contributed by atoms with Gasteiger partial charge in [0.1, 0.15) is 5.75 Å². The maximum Gasteiger partial charge on any atom is 0.251 e. The summed E-state index contributed by atoms with van der Waals surface area (Å²) in [5.41, 5.74) is 1.28. The summed E-state index contributed by atoms with van der Waals surface area (Å²) in [6, 6.07) is 16.4. The molecule has 1 spiro atoms. The highest BCUT2D eigenvalue weighted by Crippen LogP contribution is 2.68. The molecule has 1 heterocycles. The minimum atomic E-state index is -0.494. The fourth-order valence-corrected chi connectivity index (χ4v) is 4.96. The standard InChI is InChI=1S/C22H26N2O4/c25-10-9-24-13-19(27)22(14-24)18(20(22)15-5-2-1-3-6-15)12-23-21(28)16-7-4-8-17(26)11-16/h1-8,11,18-20,25-27H,9-10,12-14H2,(H,23,28)/t18-,19+,20-,22-/m1/s1. The smallest absolute Gasteiger partial charge is 0.251 e. The molecule has 2 fully saturated rings. The van der Waals surface area contributed by atoms with E-state index in [9.17, 15) is 20.1 Å². The van der Waals surface area contributed by atoms with E-state index < -0.39 is 6.10 Å². The Hall–Kier alpha value is -2.41. The van der Waals surface area contributed by atoms with Crippen LogP contribution in [0.15, 0.2) is 54.6 Å². The lowest BCUT2D eigenvalue weighted by molar-refractivity contribution is 0.0938. The molecule has 4 rings (SSSR count). The van der Waals surface area contributed by atoms with Gasteiger partial charge in [0.05, 0.1) is 12.7 Å². The van der Waals surface area contributed by atoms with Gasteiger partial charge in [-0.05, 0) is 35.6 Å². The Labute approximate surface area is 164 Å². The van der Waals surface area contributed by atoms with E-state index in [2.05, 4.69) is 22.3 Å². The van der Waals surface area contributed by atoms with Crippen molar-refractivity contribution in [2.75, 3.05) is 32.8 Å². The Bertz CT molecular complexity index is 843. The highest BCUT2D eigenvalue weighted by Gasteiger charge is 2.70. The van der Waals surface area contributed by atoms with E-state index >= 15 is 0 Å². The Balaban J connectivity index is 1.52. The highest BCUT2D eigenvalue weighted by atomic mass is 16.3. The number of hydrogen-bond acceptors (Lipinski definition) is 5. The van der Waals surface area contributed by atoms with Gasteiger partial charge in [-0.25, -0.2) is 0 Å². The second-order valence-electron chi connectivity index (χ2n) is 7.84. The number of phenolic OH excluding ortho intramolecular Hbond substituents is 1. The third kappa shape index (κ3) is 3.28. The number of amides is 1. The van der Waals surface area contributed by atoms with E-state index in [0.717, 1.165) is 0 Å². The third-order valence-corrected chi connectivity index (χ3v) is 6.28. The van der Waals surface area contributed by atoms with E-state index in [1.54, 1.807) is 12.1 Å². The summed E-state index contributed by atoms with van der Waals surface area (Å²) in [6.45, 7) is 2.32. The minimum Gasteiger partial charge on any atom is -0.508 e. The number of aromatic hydroxyl groups is 1. The van der Waals surface area contributed by atoms with Gasteiger partial charge in [0.2, 0.25) is 0 Å². The van der Waals surface area contributed by atoms with E-state index in [-0.39, 0.29) is 35.5 Å². The molecule has 0 unspecified atom stereocenters. The number of β-amino-alcohol motifs (C(OH)–C–C–N with tert-alkyl or cyclic N) is 2.